The maximum absolute atomic E-state index is 13.2. The van der Waals surface area contributed by atoms with Gasteiger partial charge in [0.1, 0.15) is 17.9 Å². The number of rotatable bonds is 6. The molecule has 4 rings (SSSR count). The summed E-state index contributed by atoms with van der Waals surface area (Å²) in [5, 5.41) is 3.40. The first-order valence-corrected chi connectivity index (χ1v) is 10.9. The number of ketones is 1. The summed E-state index contributed by atoms with van der Waals surface area (Å²) in [6, 6.07) is 10.2. The Bertz CT molecular complexity index is 1230. The van der Waals surface area contributed by atoms with E-state index in [1.54, 1.807) is 41.0 Å². The van der Waals surface area contributed by atoms with Gasteiger partial charge in [0, 0.05) is 23.5 Å². The Morgan fingerprint density at radius 3 is 2.69 bits per heavy atom. The number of carbonyl (C=O) groups is 2. The van der Waals surface area contributed by atoms with Crippen LogP contribution < -0.4 is 15.5 Å². The van der Waals surface area contributed by atoms with E-state index in [9.17, 15) is 14.4 Å². The molecule has 2 heterocycles. The quantitative estimate of drug-likeness (QED) is 0.602. The van der Waals surface area contributed by atoms with Crippen LogP contribution in [0.25, 0.3) is 11.0 Å². The standard InChI is InChI=1S/C25H27N3O4/c1-16-11-12-20-24(31)21(23(30)17-7-6-10-19(13-17)32-2)14-28(25(20)26-16)15-22(29)27-18-8-4-3-5-9-18/h6-7,10-14,18H,3-5,8-9,15H2,1-2H3,(H,27,29). The Morgan fingerprint density at radius 1 is 1.16 bits per heavy atom. The smallest absolute Gasteiger partial charge is 0.240 e. The van der Waals surface area contributed by atoms with Crippen molar-refractivity contribution in [2.75, 3.05) is 7.11 Å². The Kier molecular flexibility index (Phi) is 6.35. The van der Waals surface area contributed by atoms with Gasteiger partial charge in [-0.2, -0.15) is 0 Å². The van der Waals surface area contributed by atoms with Gasteiger partial charge in [0.2, 0.25) is 11.3 Å². The number of fused-ring (bicyclic) bond motifs is 1. The lowest BCUT2D eigenvalue weighted by Crippen LogP contribution is -2.38. The lowest BCUT2D eigenvalue weighted by molar-refractivity contribution is -0.122. The van der Waals surface area contributed by atoms with Crippen molar-refractivity contribution in [2.45, 2.75) is 51.6 Å². The van der Waals surface area contributed by atoms with Gasteiger partial charge in [-0.15, -0.1) is 0 Å². The average molecular weight is 434 g/mol. The second kappa shape index (κ2) is 9.34. The molecule has 0 aliphatic heterocycles. The molecule has 0 atom stereocenters. The van der Waals surface area contributed by atoms with E-state index in [0.717, 1.165) is 31.4 Å². The predicted molar refractivity (Wildman–Crippen MR) is 122 cm³/mol. The van der Waals surface area contributed by atoms with Crippen molar-refractivity contribution in [3.63, 3.8) is 0 Å². The Morgan fingerprint density at radius 2 is 1.94 bits per heavy atom. The first-order chi connectivity index (χ1) is 15.5. The molecule has 0 radical (unpaired) electrons. The Labute approximate surface area is 186 Å². The van der Waals surface area contributed by atoms with Crippen molar-refractivity contribution < 1.29 is 14.3 Å². The monoisotopic (exact) mass is 433 g/mol. The van der Waals surface area contributed by atoms with Crippen molar-refractivity contribution >= 4 is 22.7 Å². The predicted octanol–water partition coefficient (Wildman–Crippen LogP) is 3.39. The maximum atomic E-state index is 13.2. The third kappa shape index (κ3) is 4.56. The SMILES string of the molecule is COc1cccc(C(=O)c2cn(CC(=O)NC3CCCCC3)c3nc(C)ccc3c2=O)c1. The molecule has 1 aliphatic rings. The van der Waals surface area contributed by atoms with E-state index in [1.807, 2.05) is 6.92 Å². The van der Waals surface area contributed by atoms with E-state index in [2.05, 4.69) is 10.3 Å². The summed E-state index contributed by atoms with van der Waals surface area (Å²) >= 11 is 0. The number of nitrogens with zero attached hydrogens (tertiary/aromatic N) is 2. The highest BCUT2D eigenvalue weighted by Crippen LogP contribution is 2.19. The van der Waals surface area contributed by atoms with Crippen LogP contribution >= 0.6 is 0 Å². The second-order valence-corrected chi connectivity index (χ2v) is 8.29. The van der Waals surface area contributed by atoms with E-state index in [0.29, 0.717) is 22.3 Å². The second-order valence-electron chi connectivity index (χ2n) is 8.29. The van der Waals surface area contributed by atoms with E-state index >= 15 is 0 Å². The van der Waals surface area contributed by atoms with Crippen molar-refractivity contribution in [1.29, 1.82) is 0 Å². The summed E-state index contributed by atoms with van der Waals surface area (Å²) in [5.41, 5.74) is 1.08. The molecular weight excluding hydrogens is 406 g/mol. The summed E-state index contributed by atoms with van der Waals surface area (Å²) in [4.78, 5) is 43.6. The summed E-state index contributed by atoms with van der Waals surface area (Å²) in [6.45, 7) is 1.81. The molecule has 1 fully saturated rings. The van der Waals surface area contributed by atoms with Crippen molar-refractivity contribution in [3.8, 4) is 5.75 Å². The fraction of sp³-hybridized carbons (Fsp3) is 0.360. The molecule has 0 unspecified atom stereocenters. The summed E-state index contributed by atoms with van der Waals surface area (Å²) in [6.07, 6.45) is 6.86. The van der Waals surface area contributed by atoms with Crippen LogP contribution in [-0.4, -0.2) is 34.4 Å². The van der Waals surface area contributed by atoms with Gasteiger partial charge in [0.25, 0.3) is 0 Å². The number of amides is 1. The number of hydrogen-bond donors (Lipinski definition) is 1. The fourth-order valence-corrected chi connectivity index (χ4v) is 4.24. The van der Waals surface area contributed by atoms with Gasteiger partial charge >= 0.3 is 0 Å². The lowest BCUT2D eigenvalue weighted by Gasteiger charge is -2.23. The zero-order valence-electron chi connectivity index (χ0n) is 18.4. The number of methoxy groups -OCH3 is 1. The first-order valence-electron chi connectivity index (χ1n) is 10.9. The highest BCUT2D eigenvalue weighted by atomic mass is 16.5. The van der Waals surface area contributed by atoms with E-state index < -0.39 is 11.2 Å². The number of benzene rings is 1. The minimum Gasteiger partial charge on any atom is -0.497 e. The van der Waals surface area contributed by atoms with Gasteiger partial charge in [-0.3, -0.25) is 14.4 Å². The fourth-order valence-electron chi connectivity index (χ4n) is 4.24. The molecule has 7 nitrogen and oxygen atoms in total. The summed E-state index contributed by atoms with van der Waals surface area (Å²) in [5.74, 6) is -0.0381. The van der Waals surface area contributed by atoms with E-state index in [-0.39, 0.29) is 24.1 Å². The highest BCUT2D eigenvalue weighted by molar-refractivity contribution is 6.10. The lowest BCUT2D eigenvalue weighted by atomic mass is 9.95. The summed E-state index contributed by atoms with van der Waals surface area (Å²) in [7, 11) is 1.52. The molecule has 7 heteroatoms. The van der Waals surface area contributed by atoms with Gasteiger partial charge in [0.15, 0.2) is 5.78 Å². The molecule has 32 heavy (non-hydrogen) atoms. The normalized spacial score (nSPS) is 14.3. The van der Waals surface area contributed by atoms with Gasteiger partial charge in [-0.05, 0) is 44.0 Å². The topological polar surface area (TPSA) is 90.3 Å². The number of aromatic nitrogens is 2. The van der Waals surface area contributed by atoms with Crippen molar-refractivity contribution in [3.05, 3.63) is 69.6 Å². The minimum absolute atomic E-state index is 0.00173. The Hall–Kier alpha value is -3.48. The number of nitrogens with one attached hydrogen (secondary N) is 1. The zero-order valence-corrected chi connectivity index (χ0v) is 18.4. The maximum Gasteiger partial charge on any atom is 0.240 e. The molecule has 0 bridgehead atoms. The first kappa shape index (κ1) is 21.7. The third-order valence-electron chi connectivity index (χ3n) is 5.92. The van der Waals surface area contributed by atoms with Gasteiger partial charge in [0.05, 0.1) is 18.1 Å². The third-order valence-corrected chi connectivity index (χ3v) is 5.92. The Balaban J connectivity index is 1.73. The number of carbonyl (C=O) groups excluding carboxylic acids is 2. The number of aryl methyl sites for hydroxylation is 1. The van der Waals surface area contributed by atoms with Crippen LogP contribution in [0.3, 0.4) is 0 Å². The van der Waals surface area contributed by atoms with E-state index in [4.69, 9.17) is 4.74 Å². The van der Waals surface area contributed by atoms with E-state index in [1.165, 1.54) is 19.7 Å². The van der Waals surface area contributed by atoms with Crippen LogP contribution in [0.4, 0.5) is 0 Å². The molecule has 2 aromatic heterocycles. The molecule has 1 aromatic carbocycles. The summed E-state index contributed by atoms with van der Waals surface area (Å²) < 4.78 is 6.81. The van der Waals surface area contributed by atoms with Crippen LogP contribution in [0.5, 0.6) is 5.75 Å². The molecule has 1 amide bonds. The molecule has 3 aromatic rings. The molecule has 1 N–H and O–H groups in total. The average Bonchev–Trinajstić information content (AvgIpc) is 2.81. The molecule has 166 valence electrons. The van der Waals surface area contributed by atoms with Gasteiger partial charge in [-0.1, -0.05) is 31.4 Å². The van der Waals surface area contributed by atoms with Crippen LogP contribution in [-0.2, 0) is 11.3 Å². The van der Waals surface area contributed by atoms with Crippen LogP contribution in [0.15, 0.2) is 47.4 Å². The number of ether oxygens (including phenoxy) is 1. The van der Waals surface area contributed by atoms with Gasteiger partial charge < -0.3 is 14.6 Å². The number of pyridine rings is 2. The van der Waals surface area contributed by atoms with Gasteiger partial charge in [-0.25, -0.2) is 4.98 Å². The van der Waals surface area contributed by atoms with Crippen LogP contribution in [0.1, 0.15) is 53.7 Å². The highest BCUT2D eigenvalue weighted by Gasteiger charge is 2.21. The molecule has 1 aliphatic carbocycles. The molecular formula is C25H27N3O4. The van der Waals surface area contributed by atoms with Crippen molar-refractivity contribution in [2.24, 2.45) is 0 Å². The largest absolute Gasteiger partial charge is 0.497 e. The van der Waals surface area contributed by atoms with Crippen molar-refractivity contribution in [1.82, 2.24) is 14.9 Å². The zero-order chi connectivity index (χ0) is 22.7. The molecule has 0 spiro atoms. The van der Waals surface area contributed by atoms with Crippen LogP contribution in [0.2, 0.25) is 0 Å². The van der Waals surface area contributed by atoms with Crippen LogP contribution in [0, 0.1) is 6.92 Å². The minimum atomic E-state index is -0.419. The molecule has 0 saturated heterocycles. The molecule has 1 saturated carbocycles. The number of hydrogen-bond acceptors (Lipinski definition) is 5.